The normalized spacial score (nSPS) is 11.4. The molecule has 0 saturated carbocycles. The number of benzene rings is 1. The van der Waals surface area contributed by atoms with Crippen LogP contribution in [0, 0.1) is 0 Å². The van der Waals surface area contributed by atoms with Gasteiger partial charge in [-0.25, -0.2) is 4.79 Å². The number of hydrogen-bond acceptors (Lipinski definition) is 5. The van der Waals surface area contributed by atoms with Gasteiger partial charge in [-0.2, -0.15) is 0 Å². The van der Waals surface area contributed by atoms with Crippen LogP contribution in [0.15, 0.2) is 24.3 Å². The number of aliphatic carboxylic acids is 1. The van der Waals surface area contributed by atoms with Crippen molar-refractivity contribution in [2.75, 3.05) is 0 Å². The van der Waals surface area contributed by atoms with Crippen molar-refractivity contribution in [3.63, 3.8) is 0 Å². The highest BCUT2D eigenvalue weighted by molar-refractivity contribution is 5.97. The van der Waals surface area contributed by atoms with Gasteiger partial charge in [0.05, 0.1) is 0 Å². The Hall–Kier alpha value is -2.70. The first-order valence-corrected chi connectivity index (χ1v) is 6.61. The average molecular weight is 307 g/mol. The number of rotatable bonds is 7. The number of carbonyl (C=O) groups excluding carboxylic acids is 3. The quantitative estimate of drug-likeness (QED) is 0.578. The van der Waals surface area contributed by atoms with E-state index < -0.39 is 23.9 Å². The van der Waals surface area contributed by atoms with Crippen LogP contribution in [0.2, 0.25) is 0 Å². The molecule has 0 heterocycles. The second kappa shape index (κ2) is 7.92. The summed E-state index contributed by atoms with van der Waals surface area (Å²) in [5.74, 6) is -2.33. The molecule has 7 heteroatoms. The van der Waals surface area contributed by atoms with E-state index in [-0.39, 0.29) is 29.9 Å². The molecular weight excluding hydrogens is 290 g/mol. The Bertz CT molecular complexity index is 595. The Balaban J connectivity index is 2.79. The van der Waals surface area contributed by atoms with Crippen molar-refractivity contribution in [3.8, 4) is 5.75 Å². The first-order chi connectivity index (χ1) is 10.3. The predicted octanol–water partition coefficient (Wildman–Crippen LogP) is 1.16. The van der Waals surface area contributed by atoms with Crippen LogP contribution in [0.5, 0.6) is 5.75 Å². The molecule has 0 aliphatic rings. The average Bonchev–Trinajstić information content (AvgIpc) is 2.42. The van der Waals surface area contributed by atoms with Gasteiger partial charge in [0, 0.05) is 18.9 Å². The summed E-state index contributed by atoms with van der Waals surface area (Å²) in [7, 11) is 0. The van der Waals surface area contributed by atoms with E-state index in [1.54, 1.807) is 0 Å². The lowest BCUT2D eigenvalue weighted by Crippen LogP contribution is -2.41. The molecule has 1 rings (SSSR count). The van der Waals surface area contributed by atoms with E-state index in [1.165, 1.54) is 38.1 Å². The van der Waals surface area contributed by atoms with Gasteiger partial charge in [-0.1, -0.05) is 6.07 Å². The van der Waals surface area contributed by atoms with Gasteiger partial charge < -0.3 is 20.0 Å². The van der Waals surface area contributed by atoms with Crippen molar-refractivity contribution in [2.45, 2.75) is 32.7 Å². The lowest BCUT2D eigenvalue weighted by molar-refractivity contribution is -0.139. The van der Waals surface area contributed by atoms with E-state index >= 15 is 0 Å². The maximum Gasteiger partial charge on any atom is 0.326 e. The molecule has 2 N–H and O–H groups in total. The Labute approximate surface area is 127 Å². The predicted molar refractivity (Wildman–Crippen MR) is 76.6 cm³/mol. The molecule has 0 bridgehead atoms. The van der Waals surface area contributed by atoms with Crippen LogP contribution in [0.1, 0.15) is 37.0 Å². The Morgan fingerprint density at radius 1 is 1.23 bits per heavy atom. The Morgan fingerprint density at radius 3 is 2.45 bits per heavy atom. The summed E-state index contributed by atoms with van der Waals surface area (Å²) in [6, 6.07) is 4.65. The molecule has 0 aliphatic heterocycles. The van der Waals surface area contributed by atoms with Crippen molar-refractivity contribution >= 4 is 23.6 Å². The van der Waals surface area contributed by atoms with Gasteiger partial charge in [-0.15, -0.1) is 0 Å². The number of carbonyl (C=O) groups is 4. The molecule has 0 saturated heterocycles. The number of carboxylic acid groups (broad SMARTS) is 1. The summed E-state index contributed by atoms with van der Waals surface area (Å²) < 4.78 is 4.86. The van der Waals surface area contributed by atoms with Crippen molar-refractivity contribution in [1.29, 1.82) is 0 Å². The monoisotopic (exact) mass is 307 g/mol. The summed E-state index contributed by atoms with van der Waals surface area (Å²) in [4.78, 5) is 44.9. The molecule has 1 aromatic rings. The highest BCUT2D eigenvalue weighted by Gasteiger charge is 2.21. The number of hydrogen-bond donors (Lipinski definition) is 2. The molecule has 118 valence electrons. The molecular formula is C15H17NO6. The van der Waals surface area contributed by atoms with Crippen LogP contribution >= 0.6 is 0 Å². The summed E-state index contributed by atoms with van der Waals surface area (Å²) in [5, 5.41) is 11.4. The number of Topliss-reactive ketones (excluding diaryl/α,β-unsaturated/α-hetero) is 1. The first-order valence-electron chi connectivity index (χ1n) is 6.61. The van der Waals surface area contributed by atoms with Crippen molar-refractivity contribution < 1.29 is 29.0 Å². The minimum absolute atomic E-state index is 0.0139. The fourth-order valence-corrected chi connectivity index (χ4v) is 1.71. The second-order valence-corrected chi connectivity index (χ2v) is 4.73. The summed E-state index contributed by atoms with van der Waals surface area (Å²) in [5.41, 5.74) is 0.160. The zero-order valence-corrected chi connectivity index (χ0v) is 12.3. The molecule has 7 nitrogen and oxygen atoms in total. The number of ketones is 1. The third-order valence-electron chi connectivity index (χ3n) is 2.75. The zero-order valence-electron chi connectivity index (χ0n) is 12.3. The summed E-state index contributed by atoms with van der Waals surface area (Å²) >= 11 is 0. The second-order valence-electron chi connectivity index (χ2n) is 4.73. The number of esters is 1. The summed E-state index contributed by atoms with van der Waals surface area (Å²) in [6.07, 6.45) is 0.0742. The minimum Gasteiger partial charge on any atom is -0.480 e. The van der Waals surface area contributed by atoms with Gasteiger partial charge in [-0.3, -0.25) is 9.59 Å². The minimum atomic E-state index is -1.22. The molecule has 22 heavy (non-hydrogen) atoms. The fraction of sp³-hybridized carbons (Fsp3) is 0.333. The maximum atomic E-state index is 12.0. The topological polar surface area (TPSA) is 110 Å². The van der Waals surface area contributed by atoms with Crippen LogP contribution in [-0.4, -0.2) is 34.8 Å². The third-order valence-corrected chi connectivity index (χ3v) is 2.75. The highest BCUT2D eigenvalue weighted by atomic mass is 16.5. The number of ether oxygens (including phenoxy) is 1. The fourth-order valence-electron chi connectivity index (χ4n) is 1.71. The van der Waals surface area contributed by atoms with Gasteiger partial charge in [0.1, 0.15) is 17.6 Å². The smallest absolute Gasteiger partial charge is 0.326 e. The number of amides is 1. The van der Waals surface area contributed by atoms with Crippen LogP contribution in [0.4, 0.5) is 0 Å². The number of carboxylic acids is 1. The lowest BCUT2D eigenvalue weighted by Gasteiger charge is -2.14. The molecule has 0 aromatic heterocycles. The van der Waals surface area contributed by atoms with Crippen molar-refractivity contribution in [3.05, 3.63) is 29.8 Å². The van der Waals surface area contributed by atoms with Gasteiger partial charge in [0.15, 0.2) is 0 Å². The van der Waals surface area contributed by atoms with E-state index in [2.05, 4.69) is 5.32 Å². The number of nitrogens with one attached hydrogen (secondary N) is 1. The van der Waals surface area contributed by atoms with Crippen LogP contribution < -0.4 is 10.1 Å². The van der Waals surface area contributed by atoms with Gasteiger partial charge in [0.2, 0.25) is 0 Å². The zero-order chi connectivity index (χ0) is 16.7. The van der Waals surface area contributed by atoms with Crippen molar-refractivity contribution in [1.82, 2.24) is 5.32 Å². The molecule has 0 spiro atoms. The molecule has 0 unspecified atom stereocenters. The molecule has 1 aromatic carbocycles. The summed E-state index contributed by atoms with van der Waals surface area (Å²) in [6.45, 7) is 2.58. The maximum absolute atomic E-state index is 12.0. The lowest BCUT2D eigenvalue weighted by atomic mass is 10.1. The standard InChI is InChI=1S/C15H17NO6/c1-9(17)6-7-13(15(20)21)16-14(19)11-4-3-5-12(8-11)22-10(2)18/h3-5,8,13H,6-7H2,1-2H3,(H,16,19)(H,20,21)/t13-/m0/s1. The van der Waals surface area contributed by atoms with E-state index in [4.69, 9.17) is 9.84 Å². The molecule has 1 amide bonds. The van der Waals surface area contributed by atoms with Crippen LogP contribution in [0.3, 0.4) is 0 Å². The van der Waals surface area contributed by atoms with Crippen molar-refractivity contribution in [2.24, 2.45) is 0 Å². The van der Waals surface area contributed by atoms with Gasteiger partial charge in [0.25, 0.3) is 5.91 Å². The molecule has 0 aliphatic carbocycles. The molecule has 1 atom stereocenters. The SMILES string of the molecule is CC(=O)CC[C@H](NC(=O)c1cccc(OC(C)=O)c1)C(=O)O. The first kappa shape index (κ1) is 17.4. The molecule has 0 radical (unpaired) electrons. The van der Waals surface area contributed by atoms with E-state index in [0.29, 0.717) is 0 Å². The highest BCUT2D eigenvalue weighted by Crippen LogP contribution is 2.14. The van der Waals surface area contributed by atoms with Gasteiger partial charge >= 0.3 is 11.9 Å². The van der Waals surface area contributed by atoms with E-state index in [0.717, 1.165) is 0 Å². The largest absolute Gasteiger partial charge is 0.480 e. The van der Waals surface area contributed by atoms with Crippen LogP contribution in [-0.2, 0) is 14.4 Å². The Morgan fingerprint density at radius 2 is 1.91 bits per heavy atom. The third kappa shape index (κ3) is 5.74. The van der Waals surface area contributed by atoms with E-state index in [1.807, 2.05) is 0 Å². The van der Waals surface area contributed by atoms with E-state index in [9.17, 15) is 19.2 Å². The van der Waals surface area contributed by atoms with Crippen LogP contribution in [0.25, 0.3) is 0 Å². The molecule has 0 fully saturated rings. The Kier molecular flexibility index (Phi) is 6.25. The van der Waals surface area contributed by atoms with Gasteiger partial charge in [-0.05, 0) is 31.5 Å².